The number of benzene rings is 1. The number of ether oxygens (including phenoxy) is 1. The molecule has 0 N–H and O–H groups in total. The van der Waals surface area contributed by atoms with E-state index in [1.807, 2.05) is 19.2 Å². The highest BCUT2D eigenvalue weighted by Gasteiger charge is 2.07. The van der Waals surface area contributed by atoms with Crippen LogP contribution in [-0.4, -0.2) is 19.1 Å². The molecule has 21 heavy (non-hydrogen) atoms. The Morgan fingerprint density at radius 1 is 1.14 bits per heavy atom. The molecule has 0 radical (unpaired) electrons. The van der Waals surface area contributed by atoms with Crippen molar-refractivity contribution in [2.45, 2.75) is 25.8 Å². The minimum absolute atomic E-state index is 0.513. The van der Waals surface area contributed by atoms with Crippen molar-refractivity contribution in [3.05, 3.63) is 53.2 Å². The van der Waals surface area contributed by atoms with Crippen molar-refractivity contribution in [3.8, 4) is 5.75 Å². The van der Waals surface area contributed by atoms with Gasteiger partial charge in [0.25, 0.3) is 0 Å². The van der Waals surface area contributed by atoms with Crippen LogP contribution in [0.2, 0.25) is 0 Å². The van der Waals surface area contributed by atoms with Crippen molar-refractivity contribution in [1.29, 1.82) is 0 Å². The summed E-state index contributed by atoms with van der Waals surface area (Å²) >= 11 is 5.97. The zero-order valence-electron chi connectivity index (χ0n) is 12.8. The lowest BCUT2D eigenvalue weighted by Gasteiger charge is -2.20. The summed E-state index contributed by atoms with van der Waals surface area (Å²) in [5.74, 6) is 2.34. The Morgan fingerprint density at radius 3 is 2.43 bits per heavy atom. The van der Waals surface area contributed by atoms with Crippen molar-refractivity contribution in [1.82, 2.24) is 4.98 Å². The van der Waals surface area contributed by atoms with Gasteiger partial charge in [-0.2, -0.15) is 0 Å². The lowest BCUT2D eigenvalue weighted by Crippen LogP contribution is -2.18. The summed E-state index contributed by atoms with van der Waals surface area (Å²) in [6.45, 7) is 2.90. The normalized spacial score (nSPS) is 10.5. The van der Waals surface area contributed by atoms with Crippen LogP contribution in [0.3, 0.4) is 0 Å². The maximum atomic E-state index is 5.97. The van der Waals surface area contributed by atoms with E-state index in [0.29, 0.717) is 5.88 Å². The number of pyridine rings is 1. The van der Waals surface area contributed by atoms with Crippen molar-refractivity contribution in [3.63, 3.8) is 0 Å². The molecular formula is C17H21ClN2O. The second-order valence-electron chi connectivity index (χ2n) is 5.02. The molecule has 112 valence electrons. The van der Waals surface area contributed by atoms with E-state index in [1.54, 1.807) is 7.11 Å². The fraction of sp³-hybridized carbons (Fsp3) is 0.353. The van der Waals surface area contributed by atoms with Crippen LogP contribution < -0.4 is 9.64 Å². The molecule has 0 bridgehead atoms. The minimum Gasteiger partial charge on any atom is -0.497 e. The molecule has 2 aromatic rings. The third-order valence-electron chi connectivity index (χ3n) is 3.41. The smallest absolute Gasteiger partial charge is 0.129 e. The van der Waals surface area contributed by atoms with E-state index < -0.39 is 0 Å². The predicted molar refractivity (Wildman–Crippen MR) is 88.3 cm³/mol. The second-order valence-corrected chi connectivity index (χ2v) is 5.28. The molecule has 0 aliphatic rings. The largest absolute Gasteiger partial charge is 0.497 e. The maximum Gasteiger partial charge on any atom is 0.129 e. The molecule has 0 fully saturated rings. The standard InChI is InChI=1S/C17H21ClN2O/c1-4-15-9-14(11-18)10-17(19-15)20(2)12-13-5-7-16(21-3)8-6-13/h5-10H,4,11-12H2,1-3H3. The molecular weight excluding hydrogens is 284 g/mol. The summed E-state index contributed by atoms with van der Waals surface area (Å²) in [6, 6.07) is 12.2. The third kappa shape index (κ3) is 4.11. The molecule has 0 spiro atoms. The summed E-state index contributed by atoms with van der Waals surface area (Å²) in [4.78, 5) is 6.81. The summed E-state index contributed by atoms with van der Waals surface area (Å²) < 4.78 is 5.18. The van der Waals surface area contributed by atoms with Crippen LogP contribution in [0.4, 0.5) is 5.82 Å². The van der Waals surface area contributed by atoms with Gasteiger partial charge < -0.3 is 9.64 Å². The molecule has 4 heteroatoms. The molecule has 0 amide bonds. The zero-order chi connectivity index (χ0) is 15.2. The quantitative estimate of drug-likeness (QED) is 0.754. The molecule has 0 atom stereocenters. The lowest BCUT2D eigenvalue weighted by atomic mass is 10.2. The molecule has 2 rings (SSSR count). The van der Waals surface area contributed by atoms with E-state index in [4.69, 9.17) is 16.3 Å². The second kappa shape index (κ2) is 7.32. The Labute approximate surface area is 131 Å². The topological polar surface area (TPSA) is 25.4 Å². The Balaban J connectivity index is 2.16. The fourth-order valence-electron chi connectivity index (χ4n) is 2.17. The van der Waals surface area contributed by atoms with Gasteiger partial charge in [-0.05, 0) is 41.8 Å². The molecule has 0 saturated heterocycles. The first kappa shape index (κ1) is 15.6. The molecule has 0 aliphatic heterocycles. The van der Waals surface area contributed by atoms with Gasteiger partial charge in [0.1, 0.15) is 11.6 Å². The van der Waals surface area contributed by atoms with E-state index in [9.17, 15) is 0 Å². The molecule has 1 aromatic heterocycles. The van der Waals surface area contributed by atoms with Crippen LogP contribution in [-0.2, 0) is 18.8 Å². The van der Waals surface area contributed by atoms with Crippen LogP contribution in [0.15, 0.2) is 36.4 Å². The highest BCUT2D eigenvalue weighted by atomic mass is 35.5. The first-order valence-corrected chi connectivity index (χ1v) is 7.59. The van der Waals surface area contributed by atoms with Crippen LogP contribution in [0.25, 0.3) is 0 Å². The number of aromatic nitrogens is 1. The van der Waals surface area contributed by atoms with Gasteiger partial charge in [0.2, 0.25) is 0 Å². The van der Waals surface area contributed by atoms with Gasteiger partial charge in [0.15, 0.2) is 0 Å². The predicted octanol–water partition coefficient (Wildman–Crippen LogP) is 4.03. The van der Waals surface area contributed by atoms with E-state index in [0.717, 1.165) is 35.8 Å². The number of nitrogens with zero attached hydrogens (tertiary/aromatic N) is 2. The van der Waals surface area contributed by atoms with Gasteiger partial charge in [0.05, 0.1) is 7.11 Å². The molecule has 1 aromatic carbocycles. The fourth-order valence-corrected chi connectivity index (χ4v) is 2.33. The van der Waals surface area contributed by atoms with Crippen LogP contribution in [0.1, 0.15) is 23.7 Å². The Morgan fingerprint density at radius 2 is 1.86 bits per heavy atom. The van der Waals surface area contributed by atoms with Crippen LogP contribution >= 0.6 is 11.6 Å². The van der Waals surface area contributed by atoms with Gasteiger partial charge >= 0.3 is 0 Å². The van der Waals surface area contributed by atoms with Crippen molar-refractivity contribution < 1.29 is 4.74 Å². The van der Waals surface area contributed by atoms with Crippen molar-refractivity contribution >= 4 is 17.4 Å². The number of rotatable bonds is 6. The lowest BCUT2D eigenvalue weighted by molar-refractivity contribution is 0.414. The van der Waals surface area contributed by atoms with Gasteiger partial charge in [0, 0.05) is 25.2 Å². The molecule has 0 aliphatic carbocycles. The average molecular weight is 305 g/mol. The monoisotopic (exact) mass is 304 g/mol. The third-order valence-corrected chi connectivity index (χ3v) is 3.72. The number of aryl methyl sites for hydroxylation is 1. The van der Waals surface area contributed by atoms with E-state index in [2.05, 4.69) is 41.1 Å². The van der Waals surface area contributed by atoms with Gasteiger partial charge in [-0.15, -0.1) is 11.6 Å². The van der Waals surface area contributed by atoms with Gasteiger partial charge in [-0.3, -0.25) is 0 Å². The first-order valence-electron chi connectivity index (χ1n) is 7.06. The zero-order valence-corrected chi connectivity index (χ0v) is 13.5. The Hall–Kier alpha value is -1.74. The summed E-state index contributed by atoms with van der Waals surface area (Å²) in [7, 11) is 3.72. The number of methoxy groups -OCH3 is 1. The number of anilines is 1. The number of hydrogen-bond acceptors (Lipinski definition) is 3. The van der Waals surface area contributed by atoms with Crippen LogP contribution in [0.5, 0.6) is 5.75 Å². The first-order chi connectivity index (χ1) is 10.2. The Kier molecular flexibility index (Phi) is 5.45. The Bertz CT molecular complexity index is 562. The minimum atomic E-state index is 0.513. The van der Waals surface area contributed by atoms with Gasteiger partial charge in [-0.1, -0.05) is 19.1 Å². The van der Waals surface area contributed by atoms with E-state index in [-0.39, 0.29) is 0 Å². The molecule has 1 heterocycles. The van der Waals surface area contributed by atoms with E-state index >= 15 is 0 Å². The molecule has 0 saturated carbocycles. The van der Waals surface area contributed by atoms with E-state index in [1.165, 1.54) is 5.56 Å². The number of halogens is 1. The summed E-state index contributed by atoms with van der Waals surface area (Å²) in [6.07, 6.45) is 0.911. The number of alkyl halides is 1. The highest BCUT2D eigenvalue weighted by molar-refractivity contribution is 6.17. The van der Waals surface area contributed by atoms with Crippen molar-refractivity contribution in [2.75, 3.05) is 19.1 Å². The molecule has 3 nitrogen and oxygen atoms in total. The molecule has 0 unspecified atom stereocenters. The summed E-state index contributed by atoms with van der Waals surface area (Å²) in [5, 5.41) is 0. The van der Waals surface area contributed by atoms with Gasteiger partial charge in [-0.25, -0.2) is 4.98 Å². The SMILES string of the molecule is CCc1cc(CCl)cc(N(C)Cc2ccc(OC)cc2)n1. The average Bonchev–Trinajstić information content (AvgIpc) is 2.54. The van der Waals surface area contributed by atoms with Crippen molar-refractivity contribution in [2.24, 2.45) is 0 Å². The number of hydrogen-bond donors (Lipinski definition) is 0. The summed E-state index contributed by atoms with van der Waals surface area (Å²) in [5.41, 5.74) is 3.40. The highest BCUT2D eigenvalue weighted by Crippen LogP contribution is 2.19. The van der Waals surface area contributed by atoms with Crippen LogP contribution in [0, 0.1) is 0 Å². The maximum absolute atomic E-state index is 5.97.